The van der Waals surface area contributed by atoms with Gasteiger partial charge in [-0.2, -0.15) is 0 Å². The van der Waals surface area contributed by atoms with Gasteiger partial charge in [-0.05, 0) is 38.9 Å². The van der Waals surface area contributed by atoms with Crippen molar-refractivity contribution in [3.63, 3.8) is 0 Å². The van der Waals surface area contributed by atoms with Crippen LogP contribution in [0.15, 0.2) is 24.3 Å². The molecule has 0 aromatic heterocycles. The molecule has 1 aromatic rings. The molecule has 0 aliphatic heterocycles. The van der Waals surface area contributed by atoms with Gasteiger partial charge >= 0.3 is 215 Å². The average Bonchev–Trinajstić information content (AvgIpc) is 3.36. The Morgan fingerprint density at radius 1 is 0.597 bits per heavy atom. The number of ether oxygens (including phenoxy) is 5. The minimum atomic E-state index is -0.513. The van der Waals surface area contributed by atoms with Crippen LogP contribution in [0.4, 0.5) is 4.79 Å². The van der Waals surface area contributed by atoms with Gasteiger partial charge in [0.2, 0.25) is 0 Å². The van der Waals surface area contributed by atoms with Crippen LogP contribution < -0.4 is 27.7 Å². The van der Waals surface area contributed by atoms with E-state index in [4.69, 9.17) is 26.8 Å². The summed E-state index contributed by atoms with van der Waals surface area (Å²) in [6.07, 6.45) is 45.4. The Labute approximate surface area is 474 Å². The van der Waals surface area contributed by atoms with Gasteiger partial charge in [-0.25, -0.2) is 0 Å². The number of hydrogen-bond donors (Lipinski definition) is 1. The third-order valence-corrected chi connectivity index (χ3v) is 18.5. The van der Waals surface area contributed by atoms with Gasteiger partial charge in [-0.1, -0.05) is 206 Å². The van der Waals surface area contributed by atoms with Gasteiger partial charge in [0.1, 0.15) is 0 Å². The fourth-order valence-corrected chi connectivity index (χ4v) is 12.9. The molecule has 0 heterocycles. The number of rotatable bonds is 55. The molecule has 0 spiro atoms. The van der Waals surface area contributed by atoms with Crippen molar-refractivity contribution in [3.05, 3.63) is 29.8 Å². The van der Waals surface area contributed by atoms with E-state index < -0.39 is 23.9 Å². The van der Waals surface area contributed by atoms with Gasteiger partial charge in [0.05, 0.1) is 5.60 Å². The number of nitrogens with one attached hydrogen (secondary N) is 1. The number of amides is 1. The molecule has 1 aromatic carbocycles. The number of carbonyl (C=O) groups excluding carboxylic acids is 1. The number of alkyl carbamates (subject to hydrolysis) is 1. The van der Waals surface area contributed by atoms with Crippen molar-refractivity contribution in [2.24, 2.45) is 0 Å². The van der Waals surface area contributed by atoms with Crippen molar-refractivity contribution in [2.45, 2.75) is 283 Å². The summed E-state index contributed by atoms with van der Waals surface area (Å²) in [6, 6.07) is 7.89. The Hall–Kier alpha value is 0.290. The number of benzene rings is 1. The van der Waals surface area contributed by atoms with E-state index in [1.54, 1.807) is 7.11 Å². The number of unbranched alkanes of at least 4 members (excludes halogenated alkanes) is 30. The van der Waals surface area contributed by atoms with Gasteiger partial charge in [0, 0.05) is 7.11 Å². The molecule has 0 aliphatic carbocycles. The molecule has 0 radical (unpaired) electrons. The summed E-state index contributed by atoms with van der Waals surface area (Å²) in [5.74, 6) is 4.15. The van der Waals surface area contributed by atoms with Crippen molar-refractivity contribution in [2.75, 3.05) is 57.3 Å². The molecule has 2 atom stereocenters. The molecule has 0 aliphatic rings. The minimum absolute atomic E-state index is 0.196. The van der Waals surface area contributed by atoms with E-state index in [0.29, 0.717) is 38.2 Å². The number of halogens is 2. The number of carbonyl (C=O) groups is 1. The Morgan fingerprint density at radius 2 is 1.04 bits per heavy atom. The van der Waals surface area contributed by atoms with Crippen LogP contribution in [-0.4, -0.2) is 79.9 Å². The third kappa shape index (κ3) is 45.3. The van der Waals surface area contributed by atoms with E-state index in [0.717, 1.165) is 35.7 Å². The van der Waals surface area contributed by atoms with E-state index in [-0.39, 0.29) is 17.3 Å². The predicted molar refractivity (Wildman–Crippen MR) is 318 cm³/mol. The van der Waals surface area contributed by atoms with Crippen LogP contribution >= 0.6 is 42.1 Å². The smallest absolute Gasteiger partial charge is 0.0654 e. The zero-order valence-corrected chi connectivity index (χ0v) is 53.5. The van der Waals surface area contributed by atoms with Crippen LogP contribution in [0.1, 0.15) is 272 Å². The van der Waals surface area contributed by atoms with Crippen molar-refractivity contribution in [1.82, 2.24) is 5.32 Å². The summed E-state index contributed by atoms with van der Waals surface area (Å²) in [4.78, 5) is 12.9. The van der Waals surface area contributed by atoms with Crippen molar-refractivity contribution >= 4 is 48.2 Å². The molecule has 12 heteroatoms. The van der Waals surface area contributed by atoms with E-state index in [1.807, 2.05) is 47.8 Å². The SMILES string of the molecule is CCCCCCCCCCCCCCCCCCSCC(COC(=O)NCCOC(O[I-]I)c1ccc(OCCC(C)(C)OCCC(C)(C)OC)cc1)SCCCCCCCCCCCCCCCCCC. The quantitative estimate of drug-likeness (QED) is 0.0389. The van der Waals surface area contributed by atoms with Crippen molar-refractivity contribution in [1.29, 1.82) is 0 Å². The summed E-state index contributed by atoms with van der Waals surface area (Å²) in [6.45, 7) is 15.2. The molecular formula is C60H112I2NO7S2-. The van der Waals surface area contributed by atoms with Crippen LogP contribution in [0.2, 0.25) is 0 Å². The second-order valence-corrected chi connectivity index (χ2v) is 27.2. The molecule has 2 unspecified atom stereocenters. The first-order valence-electron chi connectivity index (χ1n) is 29.6. The van der Waals surface area contributed by atoms with E-state index in [9.17, 15) is 4.79 Å². The minimum Gasteiger partial charge on any atom is -0.0654 e. The van der Waals surface area contributed by atoms with Gasteiger partial charge in [-0.15, -0.1) is 0 Å². The zero-order chi connectivity index (χ0) is 52.5. The number of hydrogen-bond acceptors (Lipinski definition) is 9. The maximum absolute atomic E-state index is 12.9. The summed E-state index contributed by atoms with van der Waals surface area (Å²) in [5.41, 5.74) is 0.432. The molecule has 1 N–H and O–H groups in total. The molecule has 426 valence electrons. The van der Waals surface area contributed by atoms with Crippen LogP contribution in [0.25, 0.3) is 0 Å². The summed E-state index contributed by atoms with van der Waals surface area (Å²) in [5, 5.41) is 3.23. The van der Waals surface area contributed by atoms with E-state index in [1.165, 1.54) is 211 Å². The second kappa shape index (κ2) is 50.8. The molecule has 0 saturated heterocycles. The fraction of sp³-hybridized carbons (Fsp3) is 0.883. The average molecular weight is 1280 g/mol. The van der Waals surface area contributed by atoms with Crippen LogP contribution in [0.3, 0.4) is 0 Å². The molecule has 8 nitrogen and oxygen atoms in total. The van der Waals surface area contributed by atoms with Gasteiger partial charge < -0.3 is 4.74 Å². The molecule has 0 bridgehead atoms. The van der Waals surface area contributed by atoms with Gasteiger partial charge in [0.25, 0.3) is 0 Å². The topological polar surface area (TPSA) is 84.5 Å². The summed E-state index contributed by atoms with van der Waals surface area (Å²) in [7, 11) is 1.74. The normalized spacial score (nSPS) is 12.9. The molecular weight excluding hydrogens is 1160 g/mol. The Kier molecular flexibility index (Phi) is 49.6. The van der Waals surface area contributed by atoms with Gasteiger partial charge in [-0.3, -0.25) is 0 Å². The van der Waals surface area contributed by atoms with Crippen molar-refractivity contribution < 1.29 is 49.2 Å². The molecule has 1 amide bonds. The zero-order valence-electron chi connectivity index (χ0n) is 47.6. The summed E-state index contributed by atoms with van der Waals surface area (Å²) >= 11 is 5.83. The first kappa shape index (κ1) is 70.3. The van der Waals surface area contributed by atoms with Crippen LogP contribution in [-0.2, 0) is 22.0 Å². The molecule has 0 fully saturated rings. The number of methoxy groups -OCH3 is 1. The third-order valence-electron chi connectivity index (χ3n) is 13.8. The van der Waals surface area contributed by atoms with Gasteiger partial charge in [0.15, 0.2) is 0 Å². The second-order valence-electron chi connectivity index (χ2n) is 21.5. The molecule has 72 heavy (non-hydrogen) atoms. The Bertz CT molecular complexity index is 1310. The first-order valence-corrected chi connectivity index (χ1v) is 39.0. The summed E-state index contributed by atoms with van der Waals surface area (Å²) < 4.78 is 35.7. The Morgan fingerprint density at radius 3 is 1.50 bits per heavy atom. The predicted octanol–water partition coefficient (Wildman–Crippen LogP) is 16.5. The van der Waals surface area contributed by atoms with Crippen molar-refractivity contribution in [3.8, 4) is 5.75 Å². The maximum atomic E-state index is 12.9. The monoisotopic (exact) mass is 1280 g/mol. The molecule has 1 rings (SSSR count). The fourth-order valence-electron chi connectivity index (χ4n) is 8.64. The first-order chi connectivity index (χ1) is 35.1. The standard InChI is InChI=1S/C60H112I2NO7S2/c1-8-10-12-14-16-18-20-22-24-26-28-30-32-34-36-38-50-71-53-56(72-51-39-37-35-33-31-29-27-25-23-21-19-17-15-13-11-9-2)52-68-58(64)63-46-49-67-57(70-62-61)54-40-42-55(43-41-54)66-47-44-60(5,6)69-48-45-59(3,4)65-7/h40-43,56-57H,8-39,44-53H2,1-7H3,(H,63,64)/q-1. The van der Waals surface area contributed by atoms with Crippen LogP contribution in [0.5, 0.6) is 5.75 Å². The van der Waals surface area contributed by atoms with E-state index in [2.05, 4.69) is 65.5 Å². The van der Waals surface area contributed by atoms with Crippen LogP contribution in [0, 0.1) is 0 Å². The number of thioether (sulfide) groups is 2. The van der Waals surface area contributed by atoms with E-state index >= 15 is 0 Å². The molecule has 0 saturated carbocycles. The Balaban J connectivity index is 2.40.